The van der Waals surface area contributed by atoms with E-state index in [-0.39, 0.29) is 5.92 Å². The fraction of sp³-hybridized carbons (Fsp3) is 0.588. The summed E-state index contributed by atoms with van der Waals surface area (Å²) >= 11 is 6.12. The van der Waals surface area contributed by atoms with Gasteiger partial charge in [0.25, 0.3) is 0 Å². The fourth-order valence-corrected chi connectivity index (χ4v) is 3.52. The van der Waals surface area contributed by atoms with Crippen LogP contribution in [0, 0.1) is 5.92 Å². The van der Waals surface area contributed by atoms with Crippen LogP contribution in [-0.4, -0.2) is 30.8 Å². The van der Waals surface area contributed by atoms with E-state index in [4.69, 9.17) is 17.3 Å². The average Bonchev–Trinajstić information content (AvgIpc) is 2.55. The van der Waals surface area contributed by atoms with Gasteiger partial charge in [-0.05, 0) is 56.3 Å². The van der Waals surface area contributed by atoms with Gasteiger partial charge in [0.15, 0.2) is 0 Å². The van der Waals surface area contributed by atoms with E-state index in [2.05, 4.69) is 10.6 Å². The highest BCUT2D eigenvalue weighted by Crippen LogP contribution is 2.38. The number of urea groups is 1. The number of halogens is 1. The zero-order valence-corrected chi connectivity index (χ0v) is 14.1. The number of rotatable bonds is 7. The van der Waals surface area contributed by atoms with E-state index in [1.807, 2.05) is 24.3 Å². The highest BCUT2D eigenvalue weighted by atomic mass is 35.5. The first-order valence-electron chi connectivity index (χ1n) is 8.25. The Labute approximate surface area is 142 Å². The first-order chi connectivity index (χ1) is 11.0. The fourth-order valence-electron chi connectivity index (χ4n) is 3.33. The molecule has 2 unspecified atom stereocenters. The molecule has 1 aromatic rings. The summed E-state index contributed by atoms with van der Waals surface area (Å²) < 4.78 is 0. The highest BCUT2D eigenvalue weighted by molar-refractivity contribution is 6.30. The van der Waals surface area contributed by atoms with Crippen LogP contribution < -0.4 is 16.4 Å². The predicted molar refractivity (Wildman–Crippen MR) is 92.4 cm³/mol. The van der Waals surface area contributed by atoms with Crippen LogP contribution in [0.2, 0.25) is 5.02 Å². The molecule has 6 heteroatoms. The summed E-state index contributed by atoms with van der Waals surface area (Å²) in [6, 6.07) is 7.00. The van der Waals surface area contributed by atoms with Crippen LogP contribution in [0.1, 0.15) is 37.7 Å². The van der Waals surface area contributed by atoms with Gasteiger partial charge in [0, 0.05) is 24.0 Å². The van der Waals surface area contributed by atoms with Gasteiger partial charge in [-0.2, -0.15) is 0 Å². The topological polar surface area (TPSA) is 87.4 Å². The molecule has 1 aliphatic rings. The standard InChI is InChI=1S/C17H26ClN3O2/c18-15-7-3-5-13(11-15)17(23,14-6-4-9-20-12-14)8-1-2-10-21-16(19)22/h3,5,7,11,14,20,23H,1-2,4,6,8-10,12H2,(H3,19,21,22). The lowest BCUT2D eigenvalue weighted by Crippen LogP contribution is -2.44. The SMILES string of the molecule is NC(=O)NCCCCC(O)(c1cccc(Cl)c1)C1CCCNC1. The van der Waals surface area contributed by atoms with E-state index in [1.54, 1.807) is 0 Å². The molecule has 2 atom stereocenters. The van der Waals surface area contributed by atoms with E-state index >= 15 is 0 Å². The molecule has 0 spiro atoms. The van der Waals surface area contributed by atoms with Gasteiger partial charge in [0.05, 0.1) is 5.60 Å². The summed E-state index contributed by atoms with van der Waals surface area (Å²) in [5.41, 5.74) is 5.04. The monoisotopic (exact) mass is 339 g/mol. The van der Waals surface area contributed by atoms with E-state index in [1.165, 1.54) is 0 Å². The number of primary amides is 1. The quantitative estimate of drug-likeness (QED) is 0.575. The molecule has 1 aromatic carbocycles. The van der Waals surface area contributed by atoms with Gasteiger partial charge in [-0.15, -0.1) is 0 Å². The number of aliphatic hydroxyl groups is 1. The number of carbonyl (C=O) groups excluding carboxylic acids is 1. The van der Waals surface area contributed by atoms with Crippen LogP contribution >= 0.6 is 11.6 Å². The van der Waals surface area contributed by atoms with Crippen molar-refractivity contribution in [3.8, 4) is 0 Å². The van der Waals surface area contributed by atoms with Crippen molar-refractivity contribution < 1.29 is 9.90 Å². The van der Waals surface area contributed by atoms with Crippen molar-refractivity contribution in [2.75, 3.05) is 19.6 Å². The third kappa shape index (κ3) is 5.09. The minimum Gasteiger partial charge on any atom is -0.385 e. The maximum Gasteiger partial charge on any atom is 0.312 e. The predicted octanol–water partition coefficient (Wildman–Crippen LogP) is 2.37. The molecule has 1 aliphatic heterocycles. The molecule has 0 aromatic heterocycles. The summed E-state index contributed by atoms with van der Waals surface area (Å²) in [6.07, 6.45) is 4.29. The summed E-state index contributed by atoms with van der Waals surface area (Å²) in [7, 11) is 0. The van der Waals surface area contributed by atoms with Gasteiger partial charge < -0.3 is 21.5 Å². The van der Waals surface area contributed by atoms with Gasteiger partial charge in [0.1, 0.15) is 0 Å². The maximum atomic E-state index is 11.4. The molecule has 1 saturated heterocycles. The number of nitrogens with two attached hydrogens (primary N) is 1. The number of hydrogen-bond acceptors (Lipinski definition) is 3. The molecule has 2 amide bonds. The molecule has 1 fully saturated rings. The number of nitrogens with one attached hydrogen (secondary N) is 2. The minimum atomic E-state index is -0.898. The Morgan fingerprint density at radius 2 is 2.30 bits per heavy atom. The number of unbranched alkanes of at least 4 members (excludes halogenated alkanes) is 1. The summed E-state index contributed by atoms with van der Waals surface area (Å²) in [4.78, 5) is 10.7. The van der Waals surface area contributed by atoms with Crippen molar-refractivity contribution in [1.29, 1.82) is 0 Å². The lowest BCUT2D eigenvalue weighted by Gasteiger charge is -2.39. The molecule has 128 valence electrons. The average molecular weight is 340 g/mol. The molecule has 0 saturated carbocycles. The van der Waals surface area contributed by atoms with Crippen molar-refractivity contribution in [2.24, 2.45) is 11.7 Å². The van der Waals surface area contributed by atoms with Crippen LogP contribution in [0.15, 0.2) is 24.3 Å². The zero-order valence-electron chi connectivity index (χ0n) is 13.4. The number of piperidine rings is 1. The molecular weight excluding hydrogens is 314 g/mol. The maximum absolute atomic E-state index is 11.4. The first-order valence-corrected chi connectivity index (χ1v) is 8.62. The third-order valence-electron chi connectivity index (χ3n) is 4.58. The second-order valence-electron chi connectivity index (χ2n) is 6.23. The Kier molecular flexibility index (Phi) is 6.69. The lowest BCUT2D eigenvalue weighted by atomic mass is 9.74. The molecule has 5 nitrogen and oxygen atoms in total. The Bertz CT molecular complexity index is 520. The molecule has 1 heterocycles. The molecule has 5 N–H and O–H groups in total. The van der Waals surface area contributed by atoms with E-state index in [0.717, 1.165) is 44.3 Å². The molecular formula is C17H26ClN3O2. The van der Waals surface area contributed by atoms with E-state index in [0.29, 0.717) is 18.0 Å². The first kappa shape index (κ1) is 18.0. The normalized spacial score (nSPS) is 20.7. The number of benzene rings is 1. The molecule has 0 aliphatic carbocycles. The second kappa shape index (κ2) is 8.52. The van der Waals surface area contributed by atoms with Crippen molar-refractivity contribution in [3.05, 3.63) is 34.9 Å². The highest BCUT2D eigenvalue weighted by Gasteiger charge is 2.38. The van der Waals surface area contributed by atoms with E-state index in [9.17, 15) is 9.90 Å². The Hall–Kier alpha value is -1.30. The lowest BCUT2D eigenvalue weighted by molar-refractivity contribution is -0.0425. The number of carbonyl (C=O) groups is 1. The molecule has 23 heavy (non-hydrogen) atoms. The largest absolute Gasteiger partial charge is 0.385 e. The van der Waals surface area contributed by atoms with Crippen LogP contribution in [0.5, 0.6) is 0 Å². The summed E-state index contributed by atoms with van der Waals surface area (Å²) in [6.45, 7) is 2.34. The third-order valence-corrected chi connectivity index (χ3v) is 4.82. The number of amides is 2. The van der Waals surface area contributed by atoms with Crippen LogP contribution in [0.3, 0.4) is 0 Å². The zero-order chi connectivity index (χ0) is 16.7. The van der Waals surface area contributed by atoms with Crippen LogP contribution in [-0.2, 0) is 5.60 Å². The van der Waals surface area contributed by atoms with Gasteiger partial charge in [-0.1, -0.05) is 23.7 Å². The number of hydrogen-bond donors (Lipinski definition) is 4. The van der Waals surface area contributed by atoms with Gasteiger partial charge in [0.2, 0.25) is 0 Å². The summed E-state index contributed by atoms with van der Waals surface area (Å²) in [5, 5.41) is 18.0. The molecule has 0 bridgehead atoms. The Morgan fingerprint density at radius 3 is 2.96 bits per heavy atom. The van der Waals surface area contributed by atoms with Crippen molar-refractivity contribution in [3.63, 3.8) is 0 Å². The van der Waals surface area contributed by atoms with Crippen molar-refractivity contribution >= 4 is 17.6 Å². The van der Waals surface area contributed by atoms with Gasteiger partial charge >= 0.3 is 6.03 Å². The van der Waals surface area contributed by atoms with Crippen LogP contribution in [0.4, 0.5) is 4.79 Å². The van der Waals surface area contributed by atoms with Crippen LogP contribution in [0.25, 0.3) is 0 Å². The smallest absolute Gasteiger partial charge is 0.312 e. The Morgan fingerprint density at radius 1 is 1.48 bits per heavy atom. The molecule has 0 radical (unpaired) electrons. The van der Waals surface area contributed by atoms with Crippen molar-refractivity contribution in [2.45, 2.75) is 37.7 Å². The van der Waals surface area contributed by atoms with E-state index < -0.39 is 11.6 Å². The van der Waals surface area contributed by atoms with Gasteiger partial charge in [-0.25, -0.2) is 4.79 Å². The summed E-state index contributed by atoms with van der Waals surface area (Å²) in [5.74, 6) is 0.166. The molecule has 2 rings (SSSR count). The minimum absolute atomic E-state index is 0.166. The van der Waals surface area contributed by atoms with Gasteiger partial charge in [-0.3, -0.25) is 0 Å². The Balaban J connectivity index is 2.06. The second-order valence-corrected chi connectivity index (χ2v) is 6.66. The van der Waals surface area contributed by atoms with Crippen molar-refractivity contribution in [1.82, 2.24) is 10.6 Å².